The summed E-state index contributed by atoms with van der Waals surface area (Å²) in [5.74, 6) is 1.22. The normalized spacial score (nSPS) is 18.6. The lowest BCUT2D eigenvalue weighted by molar-refractivity contribution is -0.125. The van der Waals surface area contributed by atoms with Gasteiger partial charge in [0, 0.05) is 12.5 Å². The van der Waals surface area contributed by atoms with Crippen molar-refractivity contribution in [1.82, 2.24) is 10.6 Å². The van der Waals surface area contributed by atoms with Gasteiger partial charge in [-0.2, -0.15) is 0 Å². The minimum absolute atomic E-state index is 0.250. The van der Waals surface area contributed by atoms with Crippen LogP contribution in [0.2, 0.25) is 0 Å². The Kier molecular flexibility index (Phi) is 8.06. The maximum Gasteiger partial charge on any atom is 0.223 e. The van der Waals surface area contributed by atoms with E-state index in [0.717, 1.165) is 32.5 Å². The molecule has 1 fully saturated rings. The first kappa shape index (κ1) is 15.5. The second-order valence-corrected chi connectivity index (χ2v) is 5.57. The van der Waals surface area contributed by atoms with Crippen molar-refractivity contribution in [2.24, 2.45) is 11.8 Å². The van der Waals surface area contributed by atoms with Gasteiger partial charge in [-0.15, -0.1) is 0 Å². The van der Waals surface area contributed by atoms with E-state index in [0.29, 0.717) is 5.92 Å². The van der Waals surface area contributed by atoms with E-state index in [2.05, 4.69) is 24.5 Å². The topological polar surface area (TPSA) is 41.1 Å². The molecule has 0 aromatic heterocycles. The molecule has 1 unspecified atom stereocenters. The summed E-state index contributed by atoms with van der Waals surface area (Å²) in [6.45, 7) is 7.33. The Balaban J connectivity index is 2.24. The molecule has 106 valence electrons. The lowest BCUT2D eigenvalue weighted by atomic mass is 9.95. The Bertz CT molecular complexity index is 225. The molecular formula is C15H30N2O. The van der Waals surface area contributed by atoms with Gasteiger partial charge in [0.15, 0.2) is 0 Å². The van der Waals surface area contributed by atoms with Crippen molar-refractivity contribution in [2.45, 2.75) is 58.8 Å². The van der Waals surface area contributed by atoms with Crippen LogP contribution >= 0.6 is 0 Å². The predicted octanol–water partition coefficient (Wildman–Crippen LogP) is 2.71. The number of carbonyl (C=O) groups excluding carboxylic acids is 1. The number of amides is 1. The first-order valence-corrected chi connectivity index (χ1v) is 7.76. The molecule has 1 atom stereocenters. The molecule has 1 saturated heterocycles. The summed E-state index contributed by atoms with van der Waals surface area (Å²) in [5.41, 5.74) is 0. The Morgan fingerprint density at radius 2 is 1.94 bits per heavy atom. The van der Waals surface area contributed by atoms with Gasteiger partial charge in [0.1, 0.15) is 0 Å². The van der Waals surface area contributed by atoms with Gasteiger partial charge in [-0.25, -0.2) is 0 Å². The fourth-order valence-electron chi connectivity index (χ4n) is 2.72. The number of rotatable bonds is 8. The smallest absolute Gasteiger partial charge is 0.223 e. The van der Waals surface area contributed by atoms with Crippen molar-refractivity contribution in [3.8, 4) is 0 Å². The summed E-state index contributed by atoms with van der Waals surface area (Å²) in [6, 6.07) is 0. The summed E-state index contributed by atoms with van der Waals surface area (Å²) in [4.78, 5) is 12.0. The van der Waals surface area contributed by atoms with Gasteiger partial charge in [-0.3, -0.25) is 4.79 Å². The van der Waals surface area contributed by atoms with Crippen molar-refractivity contribution in [3.05, 3.63) is 0 Å². The van der Waals surface area contributed by atoms with E-state index in [1.54, 1.807) is 0 Å². The highest BCUT2D eigenvalue weighted by Crippen LogP contribution is 2.15. The number of hydrogen-bond acceptors (Lipinski definition) is 2. The van der Waals surface area contributed by atoms with Gasteiger partial charge in [-0.1, -0.05) is 33.1 Å². The third-order valence-electron chi connectivity index (χ3n) is 3.94. The highest BCUT2D eigenvalue weighted by molar-refractivity contribution is 5.78. The van der Waals surface area contributed by atoms with Crippen molar-refractivity contribution in [2.75, 3.05) is 19.6 Å². The van der Waals surface area contributed by atoms with Gasteiger partial charge in [-0.05, 0) is 44.7 Å². The largest absolute Gasteiger partial charge is 0.356 e. The molecule has 1 amide bonds. The highest BCUT2D eigenvalue weighted by atomic mass is 16.1. The van der Waals surface area contributed by atoms with Gasteiger partial charge in [0.05, 0.1) is 0 Å². The number of unbranched alkanes of at least 4 members (excludes halogenated alkanes) is 1. The molecule has 3 heteroatoms. The lowest BCUT2D eigenvalue weighted by Crippen LogP contribution is -2.39. The second-order valence-electron chi connectivity index (χ2n) is 5.57. The fraction of sp³-hybridized carbons (Fsp3) is 0.933. The molecule has 0 spiro atoms. The molecule has 0 aromatic carbocycles. The first-order chi connectivity index (χ1) is 8.77. The van der Waals surface area contributed by atoms with E-state index < -0.39 is 0 Å². The number of nitrogens with one attached hydrogen (secondary N) is 2. The molecular weight excluding hydrogens is 224 g/mol. The molecule has 0 saturated carbocycles. The molecule has 3 nitrogen and oxygen atoms in total. The predicted molar refractivity (Wildman–Crippen MR) is 76.5 cm³/mol. The molecule has 0 aliphatic carbocycles. The molecule has 2 N–H and O–H groups in total. The van der Waals surface area contributed by atoms with Gasteiger partial charge in [0.2, 0.25) is 5.91 Å². The maximum atomic E-state index is 12.0. The van der Waals surface area contributed by atoms with E-state index in [1.165, 1.54) is 32.1 Å². The van der Waals surface area contributed by atoms with E-state index in [9.17, 15) is 4.79 Å². The number of carbonyl (C=O) groups is 1. The molecule has 1 rings (SSSR count). The van der Waals surface area contributed by atoms with E-state index in [1.807, 2.05) is 0 Å². The summed E-state index contributed by atoms with van der Waals surface area (Å²) in [6.07, 6.45) is 8.26. The SMILES string of the molecule is CCCCC(CCC)CNC(=O)C1CCNCC1. The quantitative estimate of drug-likeness (QED) is 0.699. The third-order valence-corrected chi connectivity index (χ3v) is 3.94. The number of piperidine rings is 1. The van der Waals surface area contributed by atoms with Crippen LogP contribution in [0, 0.1) is 11.8 Å². The van der Waals surface area contributed by atoms with Gasteiger partial charge >= 0.3 is 0 Å². The molecule has 0 aromatic rings. The van der Waals surface area contributed by atoms with Crippen molar-refractivity contribution in [3.63, 3.8) is 0 Å². The zero-order chi connectivity index (χ0) is 13.2. The van der Waals surface area contributed by atoms with Crippen LogP contribution in [0.15, 0.2) is 0 Å². The molecule has 1 aliphatic heterocycles. The van der Waals surface area contributed by atoms with Crippen LogP contribution in [-0.4, -0.2) is 25.5 Å². The summed E-state index contributed by atoms with van der Waals surface area (Å²) >= 11 is 0. The zero-order valence-corrected chi connectivity index (χ0v) is 12.1. The van der Waals surface area contributed by atoms with Gasteiger partial charge < -0.3 is 10.6 Å². The van der Waals surface area contributed by atoms with Crippen LogP contribution in [0.3, 0.4) is 0 Å². The van der Waals surface area contributed by atoms with E-state index in [4.69, 9.17) is 0 Å². The average Bonchev–Trinajstić information content (AvgIpc) is 2.42. The van der Waals surface area contributed by atoms with Crippen molar-refractivity contribution in [1.29, 1.82) is 0 Å². The lowest BCUT2D eigenvalue weighted by Gasteiger charge is -2.23. The second kappa shape index (κ2) is 9.37. The fourth-order valence-corrected chi connectivity index (χ4v) is 2.72. The third kappa shape index (κ3) is 5.85. The van der Waals surface area contributed by atoms with Crippen LogP contribution in [0.1, 0.15) is 58.8 Å². The van der Waals surface area contributed by atoms with Crippen LogP contribution in [0.5, 0.6) is 0 Å². The molecule has 18 heavy (non-hydrogen) atoms. The highest BCUT2D eigenvalue weighted by Gasteiger charge is 2.21. The number of hydrogen-bond donors (Lipinski definition) is 2. The summed E-state index contributed by atoms with van der Waals surface area (Å²) in [7, 11) is 0. The van der Waals surface area contributed by atoms with Crippen molar-refractivity contribution < 1.29 is 4.79 Å². The Morgan fingerprint density at radius 3 is 2.56 bits per heavy atom. The molecule has 0 bridgehead atoms. The van der Waals surface area contributed by atoms with Crippen LogP contribution < -0.4 is 10.6 Å². The molecule has 0 radical (unpaired) electrons. The standard InChI is InChI=1S/C15H30N2O/c1-3-5-7-13(6-4-2)12-17-15(18)14-8-10-16-11-9-14/h13-14,16H,3-12H2,1-2H3,(H,17,18). The molecule has 1 aliphatic rings. The van der Waals surface area contributed by atoms with E-state index in [-0.39, 0.29) is 11.8 Å². The summed E-state index contributed by atoms with van der Waals surface area (Å²) < 4.78 is 0. The molecule has 1 heterocycles. The Morgan fingerprint density at radius 1 is 1.22 bits per heavy atom. The van der Waals surface area contributed by atoms with E-state index >= 15 is 0 Å². The van der Waals surface area contributed by atoms with Crippen molar-refractivity contribution >= 4 is 5.91 Å². The summed E-state index contributed by atoms with van der Waals surface area (Å²) in [5, 5.41) is 6.48. The monoisotopic (exact) mass is 254 g/mol. The minimum Gasteiger partial charge on any atom is -0.356 e. The average molecular weight is 254 g/mol. The van der Waals surface area contributed by atoms with Crippen LogP contribution in [0.4, 0.5) is 0 Å². The zero-order valence-electron chi connectivity index (χ0n) is 12.1. The minimum atomic E-state index is 0.250. The Hall–Kier alpha value is -0.570. The first-order valence-electron chi connectivity index (χ1n) is 7.76. The van der Waals surface area contributed by atoms with Gasteiger partial charge in [0.25, 0.3) is 0 Å². The maximum absolute atomic E-state index is 12.0. The van der Waals surface area contributed by atoms with Crippen LogP contribution in [0.25, 0.3) is 0 Å². The van der Waals surface area contributed by atoms with Crippen LogP contribution in [-0.2, 0) is 4.79 Å². The Labute approximate surface area is 112 Å².